The summed E-state index contributed by atoms with van der Waals surface area (Å²) in [6, 6.07) is 14.9. The fraction of sp³-hybridized carbons (Fsp3) is 0.385. The fourth-order valence-corrected chi connectivity index (χ4v) is 4.41. The zero-order valence-electron chi connectivity index (χ0n) is 19.3. The van der Waals surface area contributed by atoms with Crippen LogP contribution in [0.4, 0.5) is 5.69 Å². The molecule has 0 aromatic heterocycles. The number of hydrogen-bond donors (Lipinski definition) is 1. The first-order chi connectivity index (χ1) is 16.1. The minimum absolute atomic E-state index is 0.110. The third-order valence-electron chi connectivity index (χ3n) is 6.22. The Bertz CT molecular complexity index is 1020. The van der Waals surface area contributed by atoms with E-state index in [1.165, 1.54) is 4.90 Å². The summed E-state index contributed by atoms with van der Waals surface area (Å²) in [6.45, 7) is 7.98. The number of aryl methyl sites for hydroxylation is 1. The van der Waals surface area contributed by atoms with E-state index in [1.807, 2.05) is 60.4 Å². The van der Waals surface area contributed by atoms with Crippen molar-refractivity contribution in [3.8, 4) is 5.75 Å². The third kappa shape index (κ3) is 4.65. The number of hydrogen-bond acceptors (Lipinski definition) is 6. The highest BCUT2D eigenvalue weighted by molar-refractivity contribution is 6.45. The lowest BCUT2D eigenvalue weighted by molar-refractivity contribution is -0.120. The van der Waals surface area contributed by atoms with Crippen molar-refractivity contribution in [1.82, 2.24) is 9.80 Å². The van der Waals surface area contributed by atoms with Crippen LogP contribution in [0.3, 0.4) is 0 Å². The van der Waals surface area contributed by atoms with E-state index in [0.29, 0.717) is 48.8 Å². The van der Waals surface area contributed by atoms with Crippen LogP contribution in [0.1, 0.15) is 25.0 Å². The molecule has 2 heterocycles. The molecular weight excluding hydrogens is 418 g/mol. The number of aliphatic hydroxyl groups is 1. The molecule has 0 aliphatic carbocycles. The molecule has 1 N–H and O–H groups in total. The SMILES string of the molecule is CCOc1ccc(C2=C(N3CCN(CCO)CC3)C(=O)N(c3ccc(CC)cc3)C2=O)cc1. The number of ether oxygens (including phenoxy) is 1. The van der Waals surface area contributed by atoms with E-state index >= 15 is 0 Å². The van der Waals surface area contributed by atoms with Gasteiger partial charge in [-0.05, 0) is 48.7 Å². The molecule has 2 aliphatic heterocycles. The Morgan fingerprint density at radius 3 is 2.12 bits per heavy atom. The van der Waals surface area contributed by atoms with Crippen LogP contribution in [0, 0.1) is 0 Å². The van der Waals surface area contributed by atoms with E-state index in [-0.39, 0.29) is 18.4 Å². The van der Waals surface area contributed by atoms with Crippen molar-refractivity contribution in [2.75, 3.05) is 50.8 Å². The van der Waals surface area contributed by atoms with E-state index in [2.05, 4.69) is 11.8 Å². The number of amides is 2. The Balaban J connectivity index is 1.70. The van der Waals surface area contributed by atoms with E-state index in [1.54, 1.807) is 0 Å². The summed E-state index contributed by atoms with van der Waals surface area (Å²) in [4.78, 5) is 32.8. The highest BCUT2D eigenvalue weighted by Gasteiger charge is 2.43. The lowest BCUT2D eigenvalue weighted by atomic mass is 10.0. The first-order valence-corrected chi connectivity index (χ1v) is 11.6. The molecule has 2 aromatic rings. The summed E-state index contributed by atoms with van der Waals surface area (Å²) in [7, 11) is 0. The van der Waals surface area contributed by atoms with E-state index in [9.17, 15) is 14.7 Å². The average Bonchev–Trinajstić information content (AvgIpc) is 3.10. The maximum Gasteiger partial charge on any atom is 0.282 e. The topological polar surface area (TPSA) is 73.3 Å². The van der Waals surface area contributed by atoms with Gasteiger partial charge in [0.2, 0.25) is 0 Å². The summed E-state index contributed by atoms with van der Waals surface area (Å²) in [5.41, 5.74) is 3.32. The number of piperazine rings is 1. The van der Waals surface area contributed by atoms with Crippen LogP contribution in [0.25, 0.3) is 5.57 Å². The fourth-order valence-electron chi connectivity index (χ4n) is 4.41. The number of β-amino-alcohol motifs (C(OH)–C–C–N with tert-alkyl or cyclic N) is 1. The molecule has 1 saturated heterocycles. The van der Waals surface area contributed by atoms with Gasteiger partial charge < -0.3 is 14.7 Å². The van der Waals surface area contributed by atoms with Crippen molar-refractivity contribution in [2.24, 2.45) is 0 Å². The molecule has 2 aromatic carbocycles. The normalized spacial score (nSPS) is 17.3. The second-order valence-corrected chi connectivity index (χ2v) is 8.20. The number of rotatable bonds is 8. The number of anilines is 1. The van der Waals surface area contributed by atoms with Gasteiger partial charge in [-0.3, -0.25) is 14.5 Å². The lowest BCUT2D eigenvalue weighted by Gasteiger charge is -2.36. The van der Waals surface area contributed by atoms with Crippen molar-refractivity contribution in [1.29, 1.82) is 0 Å². The van der Waals surface area contributed by atoms with Gasteiger partial charge in [-0.2, -0.15) is 0 Å². The summed E-state index contributed by atoms with van der Waals surface area (Å²) in [6.07, 6.45) is 0.890. The molecule has 0 saturated carbocycles. The molecule has 0 spiro atoms. The minimum Gasteiger partial charge on any atom is -0.494 e. The third-order valence-corrected chi connectivity index (χ3v) is 6.22. The van der Waals surface area contributed by atoms with Crippen LogP contribution >= 0.6 is 0 Å². The van der Waals surface area contributed by atoms with Crippen molar-refractivity contribution >= 4 is 23.1 Å². The van der Waals surface area contributed by atoms with Gasteiger partial charge in [0, 0.05) is 32.7 Å². The summed E-state index contributed by atoms with van der Waals surface area (Å²) in [5, 5.41) is 9.24. The van der Waals surface area contributed by atoms with Crippen LogP contribution in [-0.4, -0.2) is 72.7 Å². The van der Waals surface area contributed by atoms with Crippen LogP contribution in [0.15, 0.2) is 54.2 Å². The predicted octanol–water partition coefficient (Wildman–Crippen LogP) is 2.54. The second-order valence-electron chi connectivity index (χ2n) is 8.20. The van der Waals surface area contributed by atoms with Gasteiger partial charge in [0.1, 0.15) is 11.4 Å². The molecule has 4 rings (SSSR count). The van der Waals surface area contributed by atoms with Gasteiger partial charge >= 0.3 is 0 Å². The van der Waals surface area contributed by atoms with E-state index in [4.69, 9.17) is 4.74 Å². The van der Waals surface area contributed by atoms with Crippen molar-refractivity contribution in [3.05, 3.63) is 65.4 Å². The van der Waals surface area contributed by atoms with Crippen molar-refractivity contribution < 1.29 is 19.4 Å². The number of imide groups is 1. The smallest absolute Gasteiger partial charge is 0.282 e. The Labute approximate surface area is 194 Å². The highest BCUT2D eigenvalue weighted by atomic mass is 16.5. The maximum atomic E-state index is 13.7. The standard InChI is InChI=1S/C26H31N3O4/c1-3-19-5-9-21(10-6-19)29-25(31)23(20-7-11-22(12-8-20)33-4-2)24(26(29)32)28-15-13-27(14-16-28)17-18-30/h5-12,30H,3-4,13-18H2,1-2H3. The molecule has 2 aliphatic rings. The number of nitrogens with zero attached hydrogens (tertiary/aromatic N) is 3. The predicted molar refractivity (Wildman–Crippen MR) is 128 cm³/mol. The molecule has 174 valence electrons. The molecule has 0 atom stereocenters. The molecule has 33 heavy (non-hydrogen) atoms. The average molecular weight is 450 g/mol. The monoisotopic (exact) mass is 449 g/mol. The van der Waals surface area contributed by atoms with E-state index < -0.39 is 0 Å². The minimum atomic E-state index is -0.304. The molecule has 7 nitrogen and oxygen atoms in total. The zero-order chi connectivity index (χ0) is 23.4. The molecular formula is C26H31N3O4. The largest absolute Gasteiger partial charge is 0.494 e. The maximum absolute atomic E-state index is 13.7. The molecule has 7 heteroatoms. The zero-order valence-corrected chi connectivity index (χ0v) is 19.3. The van der Waals surface area contributed by atoms with Gasteiger partial charge in [-0.25, -0.2) is 4.90 Å². The first-order valence-electron chi connectivity index (χ1n) is 11.6. The van der Waals surface area contributed by atoms with Crippen molar-refractivity contribution in [3.63, 3.8) is 0 Å². The Morgan fingerprint density at radius 1 is 0.879 bits per heavy atom. The molecule has 0 bridgehead atoms. The lowest BCUT2D eigenvalue weighted by Crippen LogP contribution is -2.48. The number of aliphatic hydroxyl groups excluding tert-OH is 1. The Kier molecular flexibility index (Phi) is 7.11. The quantitative estimate of drug-likeness (QED) is 0.625. The number of carbonyl (C=O) groups excluding carboxylic acids is 2. The summed E-state index contributed by atoms with van der Waals surface area (Å²) >= 11 is 0. The molecule has 1 fully saturated rings. The molecule has 0 radical (unpaired) electrons. The summed E-state index contributed by atoms with van der Waals surface area (Å²) in [5.74, 6) is 0.134. The van der Waals surface area contributed by atoms with Gasteiger partial charge in [0.25, 0.3) is 11.8 Å². The van der Waals surface area contributed by atoms with E-state index in [0.717, 1.165) is 30.8 Å². The number of carbonyl (C=O) groups is 2. The van der Waals surface area contributed by atoms with Crippen LogP contribution in [-0.2, 0) is 16.0 Å². The number of benzene rings is 2. The van der Waals surface area contributed by atoms with Crippen LogP contribution in [0.2, 0.25) is 0 Å². The Hall–Kier alpha value is -3.16. The van der Waals surface area contributed by atoms with Crippen LogP contribution < -0.4 is 9.64 Å². The van der Waals surface area contributed by atoms with Gasteiger partial charge in [-0.15, -0.1) is 0 Å². The first kappa shape index (κ1) is 23.0. The Morgan fingerprint density at radius 2 is 1.55 bits per heavy atom. The molecule has 2 amide bonds. The highest BCUT2D eigenvalue weighted by Crippen LogP contribution is 2.35. The van der Waals surface area contributed by atoms with Crippen molar-refractivity contribution in [2.45, 2.75) is 20.3 Å². The summed E-state index contributed by atoms with van der Waals surface area (Å²) < 4.78 is 5.55. The second kappa shape index (κ2) is 10.2. The van der Waals surface area contributed by atoms with Gasteiger partial charge in [-0.1, -0.05) is 31.2 Å². The van der Waals surface area contributed by atoms with Gasteiger partial charge in [0.15, 0.2) is 0 Å². The van der Waals surface area contributed by atoms with Gasteiger partial charge in [0.05, 0.1) is 24.5 Å². The molecule has 0 unspecified atom stereocenters. The van der Waals surface area contributed by atoms with Crippen LogP contribution in [0.5, 0.6) is 5.75 Å².